The van der Waals surface area contributed by atoms with Gasteiger partial charge in [0.05, 0.1) is 40.9 Å². The van der Waals surface area contributed by atoms with Crippen LogP contribution in [0.1, 0.15) is 11.1 Å². The van der Waals surface area contributed by atoms with Crippen molar-refractivity contribution in [1.82, 2.24) is 4.57 Å². The fraction of sp³-hybridized carbons (Fsp3) is 0. The predicted molar refractivity (Wildman–Crippen MR) is 133 cm³/mol. The third-order valence-corrected chi connectivity index (χ3v) is 7.24. The van der Waals surface area contributed by atoms with Gasteiger partial charge in [0.25, 0.3) is 11.1 Å². The Bertz CT molecular complexity index is 2050. The molecule has 6 nitrogen and oxygen atoms in total. The summed E-state index contributed by atoms with van der Waals surface area (Å²) in [7, 11) is 0. The standard InChI is InChI=1S/C27H10N4O2S/c1-30-20-11-19-23-18(26(32)31(27(19)33)16-5-3-2-4-6-16)10-15(13-29)22-17-9-14(12-28)7-8-21(17)34-25(20)24(22)23/h2-11H. The minimum atomic E-state index is -0.519. The smallest absolute Gasteiger partial charge is 0.266 e. The lowest BCUT2D eigenvalue weighted by Crippen LogP contribution is -2.31. The number of hydrogen-bond acceptors (Lipinski definition) is 5. The molecular weight excluding hydrogens is 444 g/mol. The molecule has 0 radical (unpaired) electrons. The Labute approximate surface area is 195 Å². The van der Waals surface area contributed by atoms with Gasteiger partial charge in [0.2, 0.25) is 5.69 Å². The number of hydrogen-bond donors (Lipinski definition) is 0. The molecule has 0 saturated heterocycles. The summed E-state index contributed by atoms with van der Waals surface area (Å²) >= 11 is 1.35. The summed E-state index contributed by atoms with van der Waals surface area (Å²) in [5.74, 6) is 0. The van der Waals surface area contributed by atoms with E-state index in [1.54, 1.807) is 48.5 Å². The van der Waals surface area contributed by atoms with Gasteiger partial charge in [-0.25, -0.2) is 9.41 Å². The Morgan fingerprint density at radius 3 is 2.24 bits per heavy atom. The van der Waals surface area contributed by atoms with E-state index in [4.69, 9.17) is 6.57 Å². The van der Waals surface area contributed by atoms with Crippen LogP contribution in [0.25, 0.3) is 52.2 Å². The zero-order valence-corrected chi connectivity index (χ0v) is 18.1. The van der Waals surface area contributed by atoms with Crippen LogP contribution in [-0.4, -0.2) is 4.57 Å². The van der Waals surface area contributed by atoms with Crippen LogP contribution in [-0.2, 0) is 0 Å². The maximum atomic E-state index is 13.6. The minimum Gasteiger partial charge on any atom is -0.268 e. The highest BCUT2D eigenvalue weighted by molar-refractivity contribution is 7.25. The number of rotatable bonds is 1. The zero-order chi connectivity index (χ0) is 23.6. The van der Waals surface area contributed by atoms with Crippen molar-refractivity contribution in [1.29, 1.82) is 10.5 Å². The molecule has 0 bridgehead atoms. The van der Waals surface area contributed by atoms with Crippen LogP contribution in [0, 0.1) is 29.2 Å². The molecule has 2 aromatic heterocycles. The largest absolute Gasteiger partial charge is 0.268 e. The van der Waals surface area contributed by atoms with E-state index in [2.05, 4.69) is 17.0 Å². The van der Waals surface area contributed by atoms with E-state index < -0.39 is 11.1 Å². The molecule has 6 rings (SSSR count). The summed E-state index contributed by atoms with van der Waals surface area (Å²) in [4.78, 5) is 30.9. The average Bonchev–Trinajstić information content (AvgIpc) is 2.88. The molecule has 7 heteroatoms. The number of para-hydroxylation sites is 1. The number of pyridine rings is 1. The van der Waals surface area contributed by atoms with Crippen molar-refractivity contribution in [2.75, 3.05) is 0 Å². The molecule has 156 valence electrons. The first-order valence-electron chi connectivity index (χ1n) is 10.2. The topological polar surface area (TPSA) is 91.0 Å². The molecule has 0 N–H and O–H groups in total. The number of nitriles is 2. The molecule has 6 aromatic rings. The van der Waals surface area contributed by atoms with Gasteiger partial charge in [-0.05, 0) is 47.9 Å². The quantitative estimate of drug-likeness (QED) is 0.184. The lowest BCUT2D eigenvalue weighted by Gasteiger charge is -2.16. The van der Waals surface area contributed by atoms with Gasteiger partial charge in [-0.1, -0.05) is 18.2 Å². The van der Waals surface area contributed by atoms with Crippen molar-refractivity contribution in [2.45, 2.75) is 0 Å². The third-order valence-electron chi connectivity index (χ3n) is 6.05. The molecule has 0 aliphatic rings. The van der Waals surface area contributed by atoms with Crippen LogP contribution in [0.5, 0.6) is 0 Å². The molecule has 0 aliphatic heterocycles. The van der Waals surface area contributed by atoms with Crippen LogP contribution in [0.2, 0.25) is 0 Å². The van der Waals surface area contributed by atoms with Gasteiger partial charge in [0.1, 0.15) is 0 Å². The molecule has 0 saturated carbocycles. The third kappa shape index (κ3) is 2.46. The van der Waals surface area contributed by atoms with Crippen molar-refractivity contribution in [3.63, 3.8) is 0 Å². The number of nitrogens with zero attached hydrogens (tertiary/aromatic N) is 4. The van der Waals surface area contributed by atoms with E-state index in [1.807, 2.05) is 0 Å². The van der Waals surface area contributed by atoms with E-state index in [-0.39, 0.29) is 22.0 Å². The Kier molecular flexibility index (Phi) is 4.03. The summed E-state index contributed by atoms with van der Waals surface area (Å²) in [5, 5.41) is 22.2. The van der Waals surface area contributed by atoms with Gasteiger partial charge in [-0.3, -0.25) is 9.59 Å². The number of aromatic nitrogens is 1. The Balaban J connectivity index is 1.99. The fourth-order valence-corrected chi connectivity index (χ4v) is 5.76. The van der Waals surface area contributed by atoms with Gasteiger partial charge in [-0.2, -0.15) is 10.5 Å². The molecule has 2 heterocycles. The van der Waals surface area contributed by atoms with Crippen LogP contribution in [0.3, 0.4) is 0 Å². The van der Waals surface area contributed by atoms with Crippen LogP contribution in [0.4, 0.5) is 5.69 Å². The molecule has 0 aliphatic carbocycles. The number of benzene rings is 4. The zero-order valence-electron chi connectivity index (χ0n) is 17.3. The van der Waals surface area contributed by atoms with Crippen LogP contribution < -0.4 is 11.1 Å². The van der Waals surface area contributed by atoms with Gasteiger partial charge in [0.15, 0.2) is 0 Å². The molecular formula is C27H10N4O2S. The highest BCUT2D eigenvalue weighted by Gasteiger charge is 2.23. The van der Waals surface area contributed by atoms with E-state index in [9.17, 15) is 20.1 Å². The van der Waals surface area contributed by atoms with Crippen molar-refractivity contribution >= 4 is 58.7 Å². The Morgan fingerprint density at radius 2 is 1.56 bits per heavy atom. The first kappa shape index (κ1) is 19.6. The maximum Gasteiger partial charge on any atom is 0.266 e. The fourth-order valence-electron chi connectivity index (χ4n) is 4.62. The first-order chi connectivity index (χ1) is 16.6. The van der Waals surface area contributed by atoms with Crippen molar-refractivity contribution < 1.29 is 0 Å². The molecule has 34 heavy (non-hydrogen) atoms. The highest BCUT2D eigenvalue weighted by Crippen LogP contribution is 2.45. The van der Waals surface area contributed by atoms with Crippen molar-refractivity contribution in [2.24, 2.45) is 0 Å². The highest BCUT2D eigenvalue weighted by atomic mass is 32.1. The molecule has 0 amide bonds. The van der Waals surface area contributed by atoms with Gasteiger partial charge in [0, 0.05) is 30.9 Å². The van der Waals surface area contributed by atoms with E-state index in [0.717, 1.165) is 9.27 Å². The minimum absolute atomic E-state index is 0.243. The second-order valence-corrected chi connectivity index (χ2v) is 8.85. The molecule has 4 aromatic carbocycles. The monoisotopic (exact) mass is 454 g/mol. The normalized spacial score (nSPS) is 11.1. The Hall–Kier alpha value is -5.03. The number of fused-ring (bicyclic) bond motifs is 2. The van der Waals surface area contributed by atoms with E-state index in [1.165, 1.54) is 23.5 Å². The van der Waals surface area contributed by atoms with Gasteiger partial charge in [-0.15, -0.1) is 11.3 Å². The molecule has 0 spiro atoms. The SMILES string of the molecule is [C-]#[N+]c1cc2c(=O)n(-c3ccccc3)c(=O)c3cc(C#N)c4c5cc(C#N)ccc5sc1c4c23. The van der Waals surface area contributed by atoms with Crippen LogP contribution in [0.15, 0.2) is 70.3 Å². The lowest BCUT2D eigenvalue weighted by molar-refractivity contribution is 0.970. The van der Waals surface area contributed by atoms with Crippen molar-refractivity contribution in [3.05, 3.63) is 104 Å². The lowest BCUT2D eigenvalue weighted by atomic mass is 9.93. The maximum absolute atomic E-state index is 13.6. The molecule has 0 fully saturated rings. The summed E-state index contributed by atoms with van der Waals surface area (Å²) in [6.45, 7) is 7.78. The summed E-state index contributed by atoms with van der Waals surface area (Å²) < 4.78 is 2.50. The van der Waals surface area contributed by atoms with Gasteiger partial charge >= 0.3 is 0 Å². The summed E-state index contributed by atoms with van der Waals surface area (Å²) in [6, 6.07) is 21.2. The average molecular weight is 454 g/mol. The second-order valence-electron chi connectivity index (χ2n) is 7.80. The van der Waals surface area contributed by atoms with E-state index >= 15 is 0 Å². The molecule has 0 atom stereocenters. The summed E-state index contributed by atoms with van der Waals surface area (Å²) in [5.41, 5.74) is 0.342. The van der Waals surface area contributed by atoms with E-state index in [0.29, 0.717) is 37.5 Å². The second kappa shape index (κ2) is 6.98. The summed E-state index contributed by atoms with van der Waals surface area (Å²) in [6.07, 6.45) is 0. The predicted octanol–water partition coefficient (Wildman–Crippen LogP) is 5.60. The Morgan fingerprint density at radius 1 is 0.824 bits per heavy atom. The molecule has 0 unspecified atom stereocenters. The van der Waals surface area contributed by atoms with Gasteiger partial charge < -0.3 is 0 Å². The van der Waals surface area contributed by atoms with Crippen LogP contribution >= 0.6 is 11.3 Å². The first-order valence-corrected chi connectivity index (χ1v) is 11.0. The van der Waals surface area contributed by atoms with Crippen molar-refractivity contribution in [3.8, 4) is 17.8 Å².